The van der Waals surface area contributed by atoms with Gasteiger partial charge in [-0.25, -0.2) is 4.79 Å². The van der Waals surface area contributed by atoms with Gasteiger partial charge in [-0.2, -0.15) is 5.10 Å². The minimum absolute atomic E-state index is 0.172. The summed E-state index contributed by atoms with van der Waals surface area (Å²) in [7, 11) is 1.65. The third kappa shape index (κ3) is 2.69. The molecule has 1 amide bonds. The maximum atomic E-state index is 11.5. The van der Waals surface area contributed by atoms with Gasteiger partial charge in [-0.1, -0.05) is 6.58 Å². The van der Waals surface area contributed by atoms with Gasteiger partial charge in [0.25, 0.3) is 0 Å². The van der Waals surface area contributed by atoms with E-state index in [2.05, 4.69) is 17.0 Å². The number of rotatable bonds is 4. The number of hydrogen-bond donors (Lipinski definition) is 1. The van der Waals surface area contributed by atoms with Gasteiger partial charge < -0.3 is 10.1 Å². The number of carbonyl (C=O) groups excluding carboxylic acids is 2. The molecule has 0 aromatic carbocycles. The zero-order chi connectivity index (χ0) is 12.1. The van der Waals surface area contributed by atoms with E-state index < -0.39 is 11.9 Å². The van der Waals surface area contributed by atoms with Crippen LogP contribution in [-0.2, 0) is 16.6 Å². The van der Waals surface area contributed by atoms with Gasteiger partial charge in [-0.15, -0.1) is 0 Å². The fraction of sp³-hybridized carbons (Fsp3) is 0.300. The van der Waals surface area contributed by atoms with Gasteiger partial charge >= 0.3 is 5.97 Å². The molecular weight excluding hydrogens is 210 g/mol. The Hall–Kier alpha value is -2.11. The van der Waals surface area contributed by atoms with Crippen LogP contribution in [0, 0.1) is 0 Å². The number of ether oxygens (including phenoxy) is 1. The summed E-state index contributed by atoms with van der Waals surface area (Å²) in [5.41, 5.74) is 0.222. The van der Waals surface area contributed by atoms with E-state index >= 15 is 0 Å². The molecule has 0 aliphatic heterocycles. The van der Waals surface area contributed by atoms with Crippen molar-refractivity contribution < 1.29 is 14.3 Å². The van der Waals surface area contributed by atoms with E-state index in [1.807, 2.05) is 0 Å². The number of nitrogens with one attached hydrogen (secondary N) is 1. The Bertz CT molecular complexity index is 423. The van der Waals surface area contributed by atoms with Gasteiger partial charge in [0.1, 0.15) is 5.56 Å². The molecule has 0 aliphatic rings. The number of anilines is 1. The van der Waals surface area contributed by atoms with Crippen LogP contribution in [0.2, 0.25) is 0 Å². The molecule has 1 heterocycles. The quantitative estimate of drug-likeness (QED) is 0.603. The molecule has 86 valence electrons. The van der Waals surface area contributed by atoms with Gasteiger partial charge in [-0.05, 0) is 13.0 Å². The Morgan fingerprint density at radius 2 is 2.38 bits per heavy atom. The van der Waals surface area contributed by atoms with Crippen LogP contribution in [0.3, 0.4) is 0 Å². The van der Waals surface area contributed by atoms with Crippen LogP contribution in [0.1, 0.15) is 17.3 Å². The third-order valence-electron chi connectivity index (χ3n) is 1.75. The molecular formula is C10H13N3O3. The lowest BCUT2D eigenvalue weighted by Crippen LogP contribution is -2.12. The molecule has 1 rings (SSSR count). The number of aromatic nitrogens is 2. The summed E-state index contributed by atoms with van der Waals surface area (Å²) in [5.74, 6) is -0.773. The maximum Gasteiger partial charge on any atom is 0.343 e. The van der Waals surface area contributed by atoms with Crippen molar-refractivity contribution in [1.82, 2.24) is 9.78 Å². The lowest BCUT2D eigenvalue weighted by Gasteiger charge is -2.01. The summed E-state index contributed by atoms with van der Waals surface area (Å²) < 4.78 is 6.25. The summed E-state index contributed by atoms with van der Waals surface area (Å²) in [4.78, 5) is 22.6. The number of aryl methyl sites for hydroxylation is 1. The van der Waals surface area contributed by atoms with Gasteiger partial charge in [0, 0.05) is 13.2 Å². The van der Waals surface area contributed by atoms with Crippen molar-refractivity contribution in [2.75, 3.05) is 11.9 Å². The fourth-order valence-corrected chi connectivity index (χ4v) is 1.11. The zero-order valence-electron chi connectivity index (χ0n) is 9.19. The van der Waals surface area contributed by atoms with E-state index in [-0.39, 0.29) is 18.0 Å². The number of carbonyl (C=O) groups is 2. The Balaban J connectivity index is 2.95. The summed E-state index contributed by atoms with van der Waals surface area (Å²) >= 11 is 0. The molecule has 0 bridgehead atoms. The average Bonchev–Trinajstić information content (AvgIpc) is 2.59. The van der Waals surface area contributed by atoms with Crippen LogP contribution in [0.15, 0.2) is 18.9 Å². The second-order valence-electron chi connectivity index (χ2n) is 2.98. The van der Waals surface area contributed by atoms with Crippen molar-refractivity contribution in [3.8, 4) is 0 Å². The Morgan fingerprint density at radius 3 is 2.94 bits per heavy atom. The Morgan fingerprint density at radius 1 is 1.69 bits per heavy atom. The molecule has 0 saturated carbocycles. The van der Waals surface area contributed by atoms with E-state index in [1.165, 1.54) is 10.9 Å². The summed E-state index contributed by atoms with van der Waals surface area (Å²) in [6.45, 7) is 5.28. The summed E-state index contributed by atoms with van der Waals surface area (Å²) in [6.07, 6.45) is 2.58. The highest BCUT2D eigenvalue weighted by atomic mass is 16.5. The van der Waals surface area contributed by atoms with Crippen molar-refractivity contribution in [3.05, 3.63) is 24.4 Å². The molecule has 1 aromatic rings. The van der Waals surface area contributed by atoms with Crippen LogP contribution < -0.4 is 5.32 Å². The van der Waals surface area contributed by atoms with E-state index in [4.69, 9.17) is 4.74 Å². The molecule has 0 atom stereocenters. The van der Waals surface area contributed by atoms with Crippen molar-refractivity contribution >= 4 is 17.7 Å². The molecule has 0 radical (unpaired) electrons. The van der Waals surface area contributed by atoms with Crippen LogP contribution in [0.25, 0.3) is 0 Å². The third-order valence-corrected chi connectivity index (χ3v) is 1.75. The predicted octanol–water partition coefficient (Wildman–Crippen LogP) is 0.721. The summed E-state index contributed by atoms with van der Waals surface area (Å²) in [5, 5.41) is 6.37. The molecule has 6 heteroatoms. The minimum atomic E-state index is -0.519. The second kappa shape index (κ2) is 5.11. The average molecular weight is 223 g/mol. The van der Waals surface area contributed by atoms with E-state index in [0.29, 0.717) is 0 Å². The van der Waals surface area contributed by atoms with Crippen LogP contribution in [-0.4, -0.2) is 28.3 Å². The van der Waals surface area contributed by atoms with E-state index in [1.54, 1.807) is 14.0 Å². The topological polar surface area (TPSA) is 73.2 Å². The van der Waals surface area contributed by atoms with Crippen molar-refractivity contribution in [3.63, 3.8) is 0 Å². The molecule has 0 spiro atoms. The highest BCUT2D eigenvalue weighted by molar-refractivity contribution is 6.03. The minimum Gasteiger partial charge on any atom is -0.462 e. The first-order chi connectivity index (χ1) is 7.58. The molecule has 6 nitrogen and oxygen atoms in total. The SMILES string of the molecule is C=CC(=O)Nc1nn(C)cc1C(=O)OCC. The number of hydrogen-bond acceptors (Lipinski definition) is 4. The molecule has 1 aromatic heterocycles. The van der Waals surface area contributed by atoms with Crippen molar-refractivity contribution in [2.24, 2.45) is 7.05 Å². The molecule has 0 aliphatic carbocycles. The van der Waals surface area contributed by atoms with E-state index in [0.717, 1.165) is 6.08 Å². The Labute approximate surface area is 92.9 Å². The molecule has 0 fully saturated rings. The van der Waals surface area contributed by atoms with Crippen LogP contribution in [0.4, 0.5) is 5.82 Å². The second-order valence-corrected chi connectivity index (χ2v) is 2.98. The summed E-state index contributed by atoms with van der Waals surface area (Å²) in [6, 6.07) is 0. The molecule has 1 N–H and O–H groups in total. The van der Waals surface area contributed by atoms with E-state index in [9.17, 15) is 9.59 Å². The fourth-order valence-electron chi connectivity index (χ4n) is 1.11. The highest BCUT2D eigenvalue weighted by Gasteiger charge is 2.17. The van der Waals surface area contributed by atoms with Crippen molar-refractivity contribution in [2.45, 2.75) is 6.92 Å². The molecule has 0 saturated heterocycles. The smallest absolute Gasteiger partial charge is 0.343 e. The van der Waals surface area contributed by atoms with Gasteiger partial charge in [0.15, 0.2) is 5.82 Å². The normalized spacial score (nSPS) is 9.62. The monoisotopic (exact) mass is 223 g/mol. The Kier molecular flexibility index (Phi) is 3.82. The first-order valence-electron chi connectivity index (χ1n) is 4.72. The van der Waals surface area contributed by atoms with Crippen LogP contribution in [0.5, 0.6) is 0 Å². The number of esters is 1. The standard InChI is InChI=1S/C10H13N3O3/c1-4-8(14)11-9-7(6-13(3)12-9)10(15)16-5-2/h4,6H,1,5H2,2-3H3,(H,11,12,14). The van der Waals surface area contributed by atoms with Gasteiger partial charge in [0.05, 0.1) is 6.61 Å². The first-order valence-corrected chi connectivity index (χ1v) is 4.72. The molecule has 16 heavy (non-hydrogen) atoms. The van der Waals surface area contributed by atoms with Crippen LogP contribution >= 0.6 is 0 Å². The number of amides is 1. The van der Waals surface area contributed by atoms with Crippen molar-refractivity contribution in [1.29, 1.82) is 0 Å². The van der Waals surface area contributed by atoms with Gasteiger partial charge in [0.2, 0.25) is 5.91 Å². The number of nitrogens with zero attached hydrogens (tertiary/aromatic N) is 2. The lowest BCUT2D eigenvalue weighted by atomic mass is 10.3. The molecule has 0 unspecified atom stereocenters. The largest absolute Gasteiger partial charge is 0.462 e. The zero-order valence-corrected chi connectivity index (χ0v) is 9.19. The van der Waals surface area contributed by atoms with Gasteiger partial charge in [-0.3, -0.25) is 9.48 Å². The highest BCUT2D eigenvalue weighted by Crippen LogP contribution is 2.13. The maximum absolute atomic E-state index is 11.5. The first kappa shape index (κ1) is 12.0. The lowest BCUT2D eigenvalue weighted by molar-refractivity contribution is -0.111. The predicted molar refractivity (Wildman–Crippen MR) is 58.0 cm³/mol.